The van der Waals surface area contributed by atoms with E-state index in [1.54, 1.807) is 6.92 Å². The van der Waals surface area contributed by atoms with E-state index in [1.165, 1.54) is 27.7 Å². The zero-order valence-corrected chi connectivity index (χ0v) is 27.9. The van der Waals surface area contributed by atoms with Gasteiger partial charge in [0.05, 0.1) is 11.5 Å². The number of hydrogen-bond donors (Lipinski definition) is 2. The van der Waals surface area contributed by atoms with Gasteiger partial charge in [0.15, 0.2) is 11.4 Å². The highest BCUT2D eigenvalue weighted by molar-refractivity contribution is 5.88. The molecule has 0 aromatic rings. The monoisotopic (exact) mass is 660 g/mol. The van der Waals surface area contributed by atoms with Gasteiger partial charge in [0.1, 0.15) is 36.6 Å². The van der Waals surface area contributed by atoms with E-state index in [1.807, 2.05) is 20.8 Å². The van der Waals surface area contributed by atoms with E-state index in [9.17, 15) is 34.2 Å². The topological polar surface area (TPSA) is 188 Å². The second-order valence-electron chi connectivity index (χ2n) is 16.4. The normalized spacial score (nSPS) is 59.0. The summed E-state index contributed by atoms with van der Waals surface area (Å²) in [5.74, 6) is -8.81. The zero-order chi connectivity index (χ0) is 34.1. The summed E-state index contributed by atoms with van der Waals surface area (Å²) in [6.07, 6.45) is -4.82. The van der Waals surface area contributed by atoms with Gasteiger partial charge in [-0.2, -0.15) is 0 Å². The molecule has 8 fully saturated rings. The molecule has 13 nitrogen and oxygen atoms in total. The van der Waals surface area contributed by atoms with Gasteiger partial charge in [-0.25, -0.2) is 4.79 Å². The molecule has 3 saturated heterocycles. The molecule has 19 atom stereocenters. The lowest BCUT2D eigenvalue weighted by atomic mass is 9.41. The molecular formula is C34H44O13. The summed E-state index contributed by atoms with van der Waals surface area (Å²) in [5.41, 5.74) is -5.53. The van der Waals surface area contributed by atoms with Gasteiger partial charge in [0, 0.05) is 55.3 Å². The van der Waals surface area contributed by atoms with Crippen molar-refractivity contribution in [2.75, 3.05) is 0 Å². The number of esters is 4. The van der Waals surface area contributed by atoms with Crippen LogP contribution in [0.3, 0.4) is 0 Å². The maximum absolute atomic E-state index is 14.4. The van der Waals surface area contributed by atoms with Crippen molar-refractivity contribution in [1.29, 1.82) is 0 Å². The van der Waals surface area contributed by atoms with Gasteiger partial charge in [-0.15, -0.1) is 0 Å². The van der Waals surface area contributed by atoms with Crippen LogP contribution in [-0.2, 0) is 52.4 Å². The van der Waals surface area contributed by atoms with Crippen molar-refractivity contribution < 1.29 is 62.6 Å². The second kappa shape index (κ2) is 9.13. The minimum absolute atomic E-state index is 0.228. The van der Waals surface area contributed by atoms with Crippen LogP contribution in [0.1, 0.15) is 68.2 Å². The number of carbonyl (C=O) groups is 5. The Bertz CT molecular complexity index is 1510. The molecule has 3 aliphatic heterocycles. The number of epoxide rings is 2. The highest BCUT2D eigenvalue weighted by Gasteiger charge is 2.93. The van der Waals surface area contributed by atoms with Crippen LogP contribution in [-0.4, -0.2) is 94.0 Å². The summed E-state index contributed by atoms with van der Waals surface area (Å²) in [6.45, 7) is 12.8. The quantitative estimate of drug-likeness (QED) is 0.249. The van der Waals surface area contributed by atoms with Crippen molar-refractivity contribution in [3.8, 4) is 0 Å². The van der Waals surface area contributed by atoms with Crippen molar-refractivity contribution in [2.45, 2.75) is 122 Å². The lowest BCUT2D eigenvalue weighted by molar-refractivity contribution is -0.235. The summed E-state index contributed by atoms with van der Waals surface area (Å²) >= 11 is 0. The SMILES string of the molecule is CC(=O)O[C@H]1[C@@H]2[C@H]([C@H](C)[C@H]3O[C@]34OC(=O)[C@@](C)(O)[C@]24C)[C@@]2(C)[C@@H](OC(C)=O)CC3C(C(O)C(=O)[C@H]4C[C@@H]5O[C@@H]5[C@H](OC(C)=O)[C@]34C)[C@H]12. The summed E-state index contributed by atoms with van der Waals surface area (Å²) in [6, 6.07) is 0. The minimum Gasteiger partial charge on any atom is -0.462 e. The van der Waals surface area contributed by atoms with E-state index in [0.717, 1.165) is 0 Å². The first-order chi connectivity index (χ1) is 21.8. The van der Waals surface area contributed by atoms with E-state index < -0.39 is 129 Å². The van der Waals surface area contributed by atoms with E-state index in [0.29, 0.717) is 6.42 Å². The number of aliphatic hydroxyl groups is 2. The summed E-state index contributed by atoms with van der Waals surface area (Å²) < 4.78 is 36.4. The molecular weight excluding hydrogens is 616 g/mol. The molecule has 0 bridgehead atoms. The van der Waals surface area contributed by atoms with Crippen molar-refractivity contribution in [3.63, 3.8) is 0 Å². The predicted octanol–water partition coefficient (Wildman–Crippen LogP) is 1.08. The molecule has 3 unspecified atom stereocenters. The lowest BCUT2D eigenvalue weighted by Gasteiger charge is -2.63. The molecule has 13 heteroatoms. The van der Waals surface area contributed by atoms with Gasteiger partial charge in [0.2, 0.25) is 5.79 Å². The van der Waals surface area contributed by atoms with Crippen LogP contribution < -0.4 is 0 Å². The number of ether oxygens (including phenoxy) is 6. The Morgan fingerprint density at radius 1 is 0.872 bits per heavy atom. The van der Waals surface area contributed by atoms with Crippen LogP contribution in [0, 0.1) is 57.7 Å². The third-order valence-corrected chi connectivity index (χ3v) is 14.7. The number of Topliss-reactive ketones (excluding diaryl/α,β-unsaturated/α-hetero) is 1. The molecule has 3 heterocycles. The number of ketones is 1. The molecule has 0 aromatic carbocycles. The Morgan fingerprint density at radius 3 is 2.13 bits per heavy atom. The molecule has 0 aromatic heterocycles. The predicted molar refractivity (Wildman–Crippen MR) is 154 cm³/mol. The number of hydrogen-bond acceptors (Lipinski definition) is 13. The molecule has 0 radical (unpaired) electrons. The Kier molecular flexibility index (Phi) is 6.15. The zero-order valence-electron chi connectivity index (χ0n) is 27.9. The molecule has 0 amide bonds. The fraction of sp³-hybridized carbons (Fsp3) is 0.853. The number of rotatable bonds is 3. The van der Waals surface area contributed by atoms with Crippen LogP contribution in [0.4, 0.5) is 0 Å². The minimum atomic E-state index is -2.05. The Morgan fingerprint density at radius 2 is 1.51 bits per heavy atom. The van der Waals surface area contributed by atoms with Gasteiger partial charge in [-0.05, 0) is 44.4 Å². The largest absolute Gasteiger partial charge is 0.462 e. The van der Waals surface area contributed by atoms with Gasteiger partial charge in [-0.1, -0.05) is 20.8 Å². The third kappa shape index (κ3) is 3.42. The van der Waals surface area contributed by atoms with Gasteiger partial charge < -0.3 is 38.6 Å². The van der Waals surface area contributed by atoms with Crippen LogP contribution in [0.5, 0.6) is 0 Å². The average molecular weight is 661 g/mol. The highest BCUT2D eigenvalue weighted by Crippen LogP contribution is 2.81. The first kappa shape index (κ1) is 31.6. The molecule has 8 rings (SSSR count). The van der Waals surface area contributed by atoms with Gasteiger partial charge >= 0.3 is 23.9 Å². The van der Waals surface area contributed by atoms with E-state index in [-0.39, 0.29) is 18.4 Å². The highest BCUT2D eigenvalue weighted by atomic mass is 16.8. The molecule has 258 valence electrons. The second-order valence-corrected chi connectivity index (χ2v) is 16.4. The van der Waals surface area contributed by atoms with Crippen molar-refractivity contribution in [2.24, 2.45) is 57.7 Å². The van der Waals surface area contributed by atoms with Crippen LogP contribution in [0.2, 0.25) is 0 Å². The summed E-state index contributed by atoms with van der Waals surface area (Å²) in [4.78, 5) is 66.1. The standard InChI is InChI=1S/C34H44O13/c1-11-20-22(32(7)33(8,41)29(40)47-34(32)27(11)46-34)26(43-13(3)36)21-19-15(10-18(31(20,21)6)42-12(2)35)30(5)16(23(38)24(19)39)9-17-25(45-17)28(30)44-14(4)37/h11,15-22,24-28,39,41H,9-10H2,1-8H3/t11-,15?,16+,17-,18-,19?,20-,21+,22-,24?,25-,26+,27+,28-,30+,31+,32-,33+,34-/m0/s1. The molecule has 2 N–H and O–H groups in total. The van der Waals surface area contributed by atoms with Crippen molar-refractivity contribution in [1.82, 2.24) is 0 Å². The van der Waals surface area contributed by atoms with Crippen LogP contribution in [0.15, 0.2) is 0 Å². The summed E-state index contributed by atoms with van der Waals surface area (Å²) in [5, 5.41) is 24.1. The van der Waals surface area contributed by atoms with Gasteiger partial charge in [0.25, 0.3) is 0 Å². The number of fused-ring (bicyclic) bond motifs is 9. The van der Waals surface area contributed by atoms with E-state index in [2.05, 4.69) is 0 Å². The third-order valence-electron chi connectivity index (χ3n) is 14.7. The van der Waals surface area contributed by atoms with Crippen LogP contribution in [0.25, 0.3) is 0 Å². The lowest BCUT2D eigenvalue weighted by Crippen LogP contribution is -2.70. The van der Waals surface area contributed by atoms with Crippen LogP contribution >= 0.6 is 0 Å². The smallest absolute Gasteiger partial charge is 0.341 e. The van der Waals surface area contributed by atoms with Crippen molar-refractivity contribution in [3.05, 3.63) is 0 Å². The molecule has 8 aliphatic rings. The number of aliphatic hydroxyl groups excluding tert-OH is 1. The molecule has 47 heavy (non-hydrogen) atoms. The van der Waals surface area contributed by atoms with E-state index >= 15 is 0 Å². The Balaban J connectivity index is 1.36. The first-order valence-corrected chi connectivity index (χ1v) is 16.8. The maximum Gasteiger partial charge on any atom is 0.341 e. The first-order valence-electron chi connectivity index (χ1n) is 16.8. The Labute approximate surface area is 272 Å². The maximum atomic E-state index is 14.4. The molecule has 5 saturated carbocycles. The van der Waals surface area contributed by atoms with Gasteiger partial charge in [-0.3, -0.25) is 19.2 Å². The molecule has 5 aliphatic carbocycles. The van der Waals surface area contributed by atoms with Crippen molar-refractivity contribution >= 4 is 29.7 Å². The number of carbonyl (C=O) groups excluding carboxylic acids is 5. The fourth-order valence-electron chi connectivity index (χ4n) is 12.8. The van der Waals surface area contributed by atoms with E-state index in [4.69, 9.17) is 28.4 Å². The fourth-order valence-corrected chi connectivity index (χ4v) is 12.8. The summed E-state index contributed by atoms with van der Waals surface area (Å²) in [7, 11) is 0. The molecule has 1 spiro atoms. The average Bonchev–Trinajstić information content (AvgIpc) is 3.87. The Hall–Kier alpha value is -2.61.